The Hall–Kier alpha value is -3.85. The van der Waals surface area contributed by atoms with Gasteiger partial charge in [0.15, 0.2) is 0 Å². The van der Waals surface area contributed by atoms with Crippen LogP contribution in [0.25, 0.3) is 17.3 Å². The van der Waals surface area contributed by atoms with Crippen LogP contribution in [-0.4, -0.2) is 23.2 Å². The third kappa shape index (κ3) is 4.05. The molecule has 0 saturated heterocycles. The number of anilines is 1. The number of methoxy groups -OCH3 is 1. The quantitative estimate of drug-likeness (QED) is 0.534. The van der Waals surface area contributed by atoms with E-state index < -0.39 is 5.91 Å². The molecule has 0 aliphatic heterocycles. The van der Waals surface area contributed by atoms with Crippen LogP contribution in [-0.2, 0) is 4.79 Å². The second-order valence-electron chi connectivity index (χ2n) is 5.89. The van der Waals surface area contributed by atoms with Crippen LogP contribution in [0.3, 0.4) is 0 Å². The highest BCUT2D eigenvalue weighted by Gasteiger charge is 2.14. The lowest BCUT2D eigenvalue weighted by atomic mass is 10.0. The van der Waals surface area contributed by atoms with E-state index in [9.17, 15) is 10.1 Å². The van der Waals surface area contributed by atoms with Gasteiger partial charge >= 0.3 is 0 Å². The summed E-state index contributed by atoms with van der Waals surface area (Å²) in [7, 11) is 1.52. The second-order valence-corrected chi connectivity index (χ2v) is 5.89. The van der Waals surface area contributed by atoms with E-state index in [-0.39, 0.29) is 5.57 Å². The summed E-state index contributed by atoms with van der Waals surface area (Å²) in [6.45, 7) is 2.01. The van der Waals surface area contributed by atoms with E-state index in [2.05, 4.69) is 15.5 Å². The van der Waals surface area contributed by atoms with Crippen LogP contribution in [0.15, 0.2) is 60.3 Å². The molecule has 0 atom stereocenters. The molecule has 2 aromatic carbocycles. The maximum atomic E-state index is 12.5. The number of ether oxygens (including phenoxy) is 1. The zero-order chi connectivity index (χ0) is 19.2. The fourth-order valence-corrected chi connectivity index (χ4v) is 2.60. The molecule has 0 radical (unpaired) electrons. The second kappa shape index (κ2) is 8.02. The van der Waals surface area contributed by atoms with E-state index in [4.69, 9.17) is 4.74 Å². The highest BCUT2D eigenvalue weighted by molar-refractivity contribution is 6.10. The number of aromatic amines is 1. The Labute approximate surface area is 157 Å². The Morgan fingerprint density at radius 3 is 2.67 bits per heavy atom. The summed E-state index contributed by atoms with van der Waals surface area (Å²) < 4.78 is 5.22. The molecule has 3 rings (SSSR count). The van der Waals surface area contributed by atoms with Crippen molar-refractivity contribution in [3.63, 3.8) is 0 Å². The minimum Gasteiger partial charge on any atom is -0.495 e. The molecule has 0 saturated carbocycles. The number of nitriles is 1. The summed E-state index contributed by atoms with van der Waals surface area (Å²) in [5, 5.41) is 19.1. The van der Waals surface area contributed by atoms with E-state index in [1.165, 1.54) is 13.2 Å². The number of nitrogens with one attached hydrogen (secondary N) is 2. The van der Waals surface area contributed by atoms with Crippen molar-refractivity contribution < 1.29 is 9.53 Å². The molecule has 1 amide bonds. The summed E-state index contributed by atoms with van der Waals surface area (Å²) in [4.78, 5) is 12.5. The predicted octanol–water partition coefficient (Wildman–Crippen LogP) is 3.94. The van der Waals surface area contributed by atoms with E-state index in [1.807, 2.05) is 37.3 Å². The lowest BCUT2D eigenvalue weighted by molar-refractivity contribution is -0.112. The van der Waals surface area contributed by atoms with Crippen LogP contribution in [0.2, 0.25) is 0 Å². The zero-order valence-electron chi connectivity index (χ0n) is 15.0. The number of rotatable bonds is 5. The first-order chi connectivity index (χ1) is 13.1. The number of carbonyl (C=O) groups excluding carboxylic acids is 1. The number of aromatic nitrogens is 2. The van der Waals surface area contributed by atoms with Gasteiger partial charge in [0.25, 0.3) is 5.91 Å². The van der Waals surface area contributed by atoms with E-state index in [0.29, 0.717) is 17.0 Å². The van der Waals surface area contributed by atoms with Gasteiger partial charge in [-0.3, -0.25) is 9.89 Å². The van der Waals surface area contributed by atoms with Crippen molar-refractivity contribution in [3.8, 4) is 23.1 Å². The monoisotopic (exact) mass is 358 g/mol. The minimum absolute atomic E-state index is 0.0318. The van der Waals surface area contributed by atoms with Crippen molar-refractivity contribution in [2.24, 2.45) is 0 Å². The molecule has 1 heterocycles. The standard InChI is InChI=1S/C21H18N4O2/c1-14-7-9-15(10-8-14)20-17(13-23-25-20)11-16(12-22)21(26)24-18-5-3-4-6-19(18)27-2/h3-11,13H,1-2H3,(H,23,25)(H,24,26)/b16-11+. The van der Waals surface area contributed by atoms with Gasteiger partial charge in [0.2, 0.25) is 0 Å². The zero-order valence-corrected chi connectivity index (χ0v) is 15.0. The number of aryl methyl sites for hydroxylation is 1. The fraction of sp³-hybridized carbons (Fsp3) is 0.0952. The van der Waals surface area contributed by atoms with Crippen LogP contribution in [0.4, 0.5) is 5.69 Å². The molecule has 134 valence electrons. The molecule has 1 aromatic heterocycles. The summed E-state index contributed by atoms with van der Waals surface area (Å²) in [6.07, 6.45) is 3.10. The molecule has 0 spiro atoms. The van der Waals surface area contributed by atoms with Crippen LogP contribution in [0, 0.1) is 18.3 Å². The van der Waals surface area contributed by atoms with Crippen LogP contribution >= 0.6 is 0 Å². The molecule has 6 heteroatoms. The van der Waals surface area contributed by atoms with Crippen molar-refractivity contribution in [1.82, 2.24) is 10.2 Å². The van der Waals surface area contributed by atoms with Crippen molar-refractivity contribution in [3.05, 3.63) is 71.4 Å². The Kier molecular flexibility index (Phi) is 5.33. The average Bonchev–Trinajstić information content (AvgIpc) is 3.15. The summed E-state index contributed by atoms with van der Waals surface area (Å²) in [5.41, 5.74) is 3.93. The lowest BCUT2D eigenvalue weighted by Crippen LogP contribution is -2.14. The highest BCUT2D eigenvalue weighted by atomic mass is 16.5. The molecule has 0 aliphatic rings. The summed E-state index contributed by atoms with van der Waals surface area (Å²) >= 11 is 0. The SMILES string of the molecule is COc1ccccc1NC(=O)/C(C#N)=C/c1cn[nH]c1-c1ccc(C)cc1. The summed E-state index contributed by atoms with van der Waals surface area (Å²) in [5.74, 6) is 0.00449. The number of hydrogen-bond acceptors (Lipinski definition) is 4. The molecule has 0 unspecified atom stereocenters. The molecule has 0 fully saturated rings. The molecule has 3 aromatic rings. The maximum absolute atomic E-state index is 12.5. The van der Waals surface area contributed by atoms with Crippen molar-refractivity contribution in [1.29, 1.82) is 5.26 Å². The molecule has 6 nitrogen and oxygen atoms in total. The number of carbonyl (C=O) groups is 1. The molecule has 0 aliphatic carbocycles. The average molecular weight is 358 g/mol. The van der Waals surface area contributed by atoms with Gasteiger partial charge in [0.1, 0.15) is 17.4 Å². The number of para-hydroxylation sites is 2. The van der Waals surface area contributed by atoms with Crippen LogP contribution in [0.5, 0.6) is 5.75 Å². The Morgan fingerprint density at radius 2 is 1.96 bits per heavy atom. The Balaban J connectivity index is 1.89. The van der Waals surface area contributed by atoms with Crippen LogP contribution in [0.1, 0.15) is 11.1 Å². The number of hydrogen-bond donors (Lipinski definition) is 2. The third-order valence-corrected chi connectivity index (χ3v) is 4.03. The maximum Gasteiger partial charge on any atom is 0.266 e. The van der Waals surface area contributed by atoms with Gasteiger partial charge in [0, 0.05) is 11.1 Å². The third-order valence-electron chi connectivity index (χ3n) is 4.03. The largest absolute Gasteiger partial charge is 0.495 e. The van der Waals surface area contributed by atoms with Crippen LogP contribution < -0.4 is 10.1 Å². The van der Waals surface area contributed by atoms with Gasteiger partial charge in [-0.15, -0.1) is 0 Å². The van der Waals surface area contributed by atoms with Crippen molar-refractivity contribution in [2.75, 3.05) is 12.4 Å². The fourth-order valence-electron chi connectivity index (χ4n) is 2.60. The molecule has 0 bridgehead atoms. The van der Waals surface area contributed by atoms with Crippen molar-refractivity contribution >= 4 is 17.7 Å². The van der Waals surface area contributed by atoms with Gasteiger partial charge in [-0.1, -0.05) is 42.0 Å². The number of amides is 1. The Bertz CT molecular complexity index is 1030. The Morgan fingerprint density at radius 1 is 1.22 bits per heavy atom. The normalized spacial score (nSPS) is 10.9. The number of nitrogens with zero attached hydrogens (tertiary/aromatic N) is 2. The first kappa shape index (κ1) is 18.0. The first-order valence-corrected chi connectivity index (χ1v) is 8.29. The van der Waals surface area contributed by atoms with Gasteiger partial charge in [-0.2, -0.15) is 10.4 Å². The molecule has 2 N–H and O–H groups in total. The van der Waals surface area contributed by atoms with E-state index in [0.717, 1.165) is 16.8 Å². The molecular weight excluding hydrogens is 340 g/mol. The van der Waals surface area contributed by atoms with E-state index >= 15 is 0 Å². The van der Waals surface area contributed by atoms with Gasteiger partial charge in [-0.25, -0.2) is 0 Å². The highest BCUT2D eigenvalue weighted by Crippen LogP contribution is 2.25. The summed E-state index contributed by atoms with van der Waals surface area (Å²) in [6, 6.07) is 16.9. The topological polar surface area (TPSA) is 90.8 Å². The lowest BCUT2D eigenvalue weighted by Gasteiger charge is -2.09. The number of benzene rings is 2. The molecular formula is C21H18N4O2. The predicted molar refractivity (Wildman–Crippen MR) is 104 cm³/mol. The number of H-pyrrole nitrogens is 1. The first-order valence-electron chi connectivity index (χ1n) is 8.29. The van der Waals surface area contributed by atoms with Gasteiger partial charge < -0.3 is 10.1 Å². The van der Waals surface area contributed by atoms with Gasteiger partial charge in [0.05, 0.1) is 24.7 Å². The van der Waals surface area contributed by atoms with E-state index in [1.54, 1.807) is 30.5 Å². The van der Waals surface area contributed by atoms with Crippen molar-refractivity contribution in [2.45, 2.75) is 6.92 Å². The van der Waals surface area contributed by atoms with Gasteiger partial charge in [-0.05, 0) is 25.1 Å². The molecule has 27 heavy (non-hydrogen) atoms. The minimum atomic E-state index is -0.516. The smallest absolute Gasteiger partial charge is 0.266 e.